The van der Waals surface area contributed by atoms with Gasteiger partial charge in [-0.3, -0.25) is 0 Å². The number of fused-ring (bicyclic) bond motifs is 1. The van der Waals surface area contributed by atoms with E-state index in [4.69, 9.17) is 10.00 Å². The summed E-state index contributed by atoms with van der Waals surface area (Å²) in [6, 6.07) is 7.73. The fourth-order valence-corrected chi connectivity index (χ4v) is 3.84. The number of nitrogens with zero attached hydrogens (tertiary/aromatic N) is 1. The number of ether oxygens (including phenoxy) is 1. The zero-order chi connectivity index (χ0) is 18.4. The van der Waals surface area contributed by atoms with E-state index in [0.29, 0.717) is 0 Å². The fourth-order valence-electron chi connectivity index (χ4n) is 2.88. The Balaban J connectivity index is 2.11. The SMILES string of the molecule is CS(=O)(=O)c1ccc(Oc2cc(F)cc(C#N)c2)c2c1[C@H](O)[C@@H](F)C2. The third-order valence-electron chi connectivity index (χ3n) is 3.94. The zero-order valence-electron chi connectivity index (χ0n) is 13.0. The molecule has 0 unspecified atom stereocenters. The molecular weight excluding hydrogens is 352 g/mol. The second kappa shape index (κ2) is 6.10. The van der Waals surface area contributed by atoms with Gasteiger partial charge in [-0.05, 0) is 24.3 Å². The molecule has 1 N–H and O–H groups in total. The topological polar surface area (TPSA) is 87.4 Å². The molecule has 0 aromatic heterocycles. The first kappa shape index (κ1) is 17.3. The zero-order valence-corrected chi connectivity index (χ0v) is 13.8. The van der Waals surface area contributed by atoms with Crippen molar-refractivity contribution in [1.82, 2.24) is 0 Å². The summed E-state index contributed by atoms with van der Waals surface area (Å²) < 4.78 is 56.8. The van der Waals surface area contributed by atoms with Crippen molar-refractivity contribution in [1.29, 1.82) is 5.26 Å². The molecule has 0 fully saturated rings. The molecule has 1 aliphatic carbocycles. The summed E-state index contributed by atoms with van der Waals surface area (Å²) in [7, 11) is -3.68. The molecule has 0 saturated heterocycles. The Bertz CT molecular complexity index is 998. The lowest BCUT2D eigenvalue weighted by atomic mass is 10.1. The largest absolute Gasteiger partial charge is 0.457 e. The average Bonchev–Trinajstić information content (AvgIpc) is 2.82. The highest BCUT2D eigenvalue weighted by molar-refractivity contribution is 7.90. The minimum absolute atomic E-state index is 0.0163. The van der Waals surface area contributed by atoms with E-state index < -0.39 is 27.9 Å². The van der Waals surface area contributed by atoms with Gasteiger partial charge in [-0.25, -0.2) is 17.2 Å². The molecular formula is C17H13F2NO4S. The van der Waals surface area contributed by atoms with Gasteiger partial charge in [-0.15, -0.1) is 0 Å². The minimum atomic E-state index is -3.68. The molecule has 0 aliphatic heterocycles. The third kappa shape index (κ3) is 3.21. The highest BCUT2D eigenvalue weighted by Crippen LogP contribution is 2.43. The fraction of sp³-hybridized carbons (Fsp3) is 0.235. The Kier molecular flexibility index (Phi) is 4.22. The molecule has 0 amide bonds. The van der Waals surface area contributed by atoms with Crippen LogP contribution in [0.4, 0.5) is 8.78 Å². The van der Waals surface area contributed by atoms with Crippen molar-refractivity contribution in [3.63, 3.8) is 0 Å². The van der Waals surface area contributed by atoms with Crippen LogP contribution in [0.3, 0.4) is 0 Å². The van der Waals surface area contributed by atoms with E-state index in [1.54, 1.807) is 6.07 Å². The van der Waals surface area contributed by atoms with Crippen molar-refractivity contribution in [2.45, 2.75) is 23.6 Å². The first-order valence-corrected chi connectivity index (χ1v) is 9.16. The van der Waals surface area contributed by atoms with Crippen molar-refractivity contribution >= 4 is 9.84 Å². The maximum atomic E-state index is 14.0. The van der Waals surface area contributed by atoms with Gasteiger partial charge >= 0.3 is 0 Å². The Morgan fingerprint density at radius 1 is 1.32 bits per heavy atom. The predicted octanol–water partition coefficient (Wildman–Crippen LogP) is 2.82. The van der Waals surface area contributed by atoms with Gasteiger partial charge in [0.05, 0.1) is 16.5 Å². The summed E-state index contributed by atoms with van der Waals surface area (Å²) in [4.78, 5) is -0.167. The molecule has 5 nitrogen and oxygen atoms in total. The molecule has 25 heavy (non-hydrogen) atoms. The standard InChI is InChI=1S/C17H13F2NO4S/c1-25(22,23)15-3-2-14(12-7-13(19)17(21)16(12)15)24-11-5-9(8-20)4-10(18)6-11/h2-6,13,17,21H,7H2,1H3/t13-,17+/m0/s1. The molecule has 0 saturated carbocycles. The van der Waals surface area contributed by atoms with E-state index in [-0.39, 0.29) is 39.5 Å². The van der Waals surface area contributed by atoms with Crippen LogP contribution in [0, 0.1) is 17.1 Å². The Morgan fingerprint density at radius 3 is 2.68 bits per heavy atom. The van der Waals surface area contributed by atoms with E-state index in [2.05, 4.69) is 0 Å². The number of hydrogen-bond donors (Lipinski definition) is 1. The van der Waals surface area contributed by atoms with Crippen LogP contribution in [0.2, 0.25) is 0 Å². The van der Waals surface area contributed by atoms with Crippen LogP contribution in [-0.4, -0.2) is 26.0 Å². The second-order valence-corrected chi connectivity index (χ2v) is 7.76. The van der Waals surface area contributed by atoms with Gasteiger partial charge in [0.25, 0.3) is 0 Å². The van der Waals surface area contributed by atoms with Crippen molar-refractivity contribution in [2.24, 2.45) is 0 Å². The number of benzene rings is 2. The van der Waals surface area contributed by atoms with E-state index in [1.807, 2.05) is 0 Å². The van der Waals surface area contributed by atoms with Crippen LogP contribution < -0.4 is 4.74 Å². The molecule has 0 radical (unpaired) electrons. The van der Waals surface area contributed by atoms with E-state index in [9.17, 15) is 22.3 Å². The molecule has 2 aromatic rings. The summed E-state index contributed by atoms with van der Waals surface area (Å²) in [5.74, 6) is -0.555. The third-order valence-corrected chi connectivity index (χ3v) is 5.09. The van der Waals surface area contributed by atoms with Crippen LogP contribution in [0.5, 0.6) is 11.5 Å². The summed E-state index contributed by atoms with van der Waals surface area (Å²) in [5.41, 5.74) is 0.220. The lowest BCUT2D eigenvalue weighted by Gasteiger charge is -2.14. The van der Waals surface area contributed by atoms with E-state index in [0.717, 1.165) is 18.4 Å². The summed E-state index contributed by atoms with van der Waals surface area (Å²) in [6.07, 6.45) is -2.50. The maximum absolute atomic E-state index is 14.0. The molecule has 0 heterocycles. The monoisotopic (exact) mass is 365 g/mol. The number of alkyl halides is 1. The molecule has 3 rings (SSSR count). The van der Waals surface area contributed by atoms with Gasteiger partial charge in [-0.1, -0.05) is 0 Å². The first-order chi connectivity index (χ1) is 11.7. The van der Waals surface area contributed by atoms with Gasteiger partial charge in [0, 0.05) is 29.9 Å². The smallest absolute Gasteiger partial charge is 0.175 e. The van der Waals surface area contributed by atoms with Crippen molar-refractivity contribution < 1.29 is 27.0 Å². The van der Waals surface area contributed by atoms with Crippen molar-refractivity contribution in [3.8, 4) is 17.6 Å². The van der Waals surface area contributed by atoms with Crippen molar-refractivity contribution in [3.05, 3.63) is 52.8 Å². The first-order valence-electron chi connectivity index (χ1n) is 7.27. The van der Waals surface area contributed by atoms with Gasteiger partial charge in [-0.2, -0.15) is 5.26 Å². The normalized spacial score (nSPS) is 19.3. The lowest BCUT2D eigenvalue weighted by Crippen LogP contribution is -2.10. The Morgan fingerprint density at radius 2 is 2.04 bits per heavy atom. The van der Waals surface area contributed by atoms with Crippen molar-refractivity contribution in [2.75, 3.05) is 6.26 Å². The highest BCUT2D eigenvalue weighted by atomic mass is 32.2. The minimum Gasteiger partial charge on any atom is -0.457 e. The quantitative estimate of drug-likeness (QED) is 0.904. The average molecular weight is 365 g/mol. The Hall–Kier alpha value is -2.50. The number of aliphatic hydroxyl groups excluding tert-OH is 1. The van der Waals surface area contributed by atoms with E-state index >= 15 is 0 Å². The molecule has 8 heteroatoms. The van der Waals surface area contributed by atoms with Gasteiger partial charge in [0.1, 0.15) is 29.6 Å². The van der Waals surface area contributed by atoms with Gasteiger partial charge in [0.15, 0.2) is 9.84 Å². The van der Waals surface area contributed by atoms with Crippen LogP contribution >= 0.6 is 0 Å². The number of sulfone groups is 1. The van der Waals surface area contributed by atoms with Crippen LogP contribution in [0.15, 0.2) is 35.2 Å². The lowest BCUT2D eigenvalue weighted by molar-refractivity contribution is 0.0907. The highest BCUT2D eigenvalue weighted by Gasteiger charge is 2.37. The number of hydrogen-bond acceptors (Lipinski definition) is 5. The molecule has 130 valence electrons. The molecule has 0 spiro atoms. The number of halogens is 2. The van der Waals surface area contributed by atoms with Gasteiger partial charge < -0.3 is 9.84 Å². The summed E-state index contributed by atoms with van der Waals surface area (Å²) in [6.45, 7) is 0. The van der Waals surface area contributed by atoms with Crippen LogP contribution in [0.25, 0.3) is 0 Å². The summed E-state index contributed by atoms with van der Waals surface area (Å²) in [5, 5.41) is 18.9. The molecule has 2 atom stereocenters. The van der Waals surface area contributed by atoms with E-state index in [1.165, 1.54) is 18.2 Å². The maximum Gasteiger partial charge on any atom is 0.175 e. The van der Waals surface area contributed by atoms with Crippen LogP contribution in [-0.2, 0) is 16.3 Å². The molecule has 0 bridgehead atoms. The van der Waals surface area contributed by atoms with Crippen LogP contribution in [0.1, 0.15) is 22.8 Å². The summed E-state index contributed by atoms with van der Waals surface area (Å²) >= 11 is 0. The Labute approximate surface area is 143 Å². The number of nitriles is 1. The predicted molar refractivity (Wildman–Crippen MR) is 84.3 cm³/mol. The molecule has 1 aliphatic rings. The van der Waals surface area contributed by atoms with Gasteiger partial charge in [0.2, 0.25) is 0 Å². The number of rotatable bonds is 3. The molecule has 2 aromatic carbocycles. The second-order valence-electron chi connectivity index (χ2n) is 5.78. The number of aliphatic hydroxyl groups is 1.